The van der Waals surface area contributed by atoms with Crippen LogP contribution >= 0.6 is 0 Å². The van der Waals surface area contributed by atoms with E-state index in [1.165, 1.54) is 16.8 Å². The second-order valence-electron chi connectivity index (χ2n) is 4.67. The lowest BCUT2D eigenvalue weighted by Crippen LogP contribution is -2.19. The highest BCUT2D eigenvalue weighted by atomic mass is 16.4. The molecule has 0 radical (unpaired) electrons. The number of para-hydroxylation sites is 1. The summed E-state index contributed by atoms with van der Waals surface area (Å²) in [6.07, 6.45) is 0. The molecule has 0 saturated heterocycles. The van der Waals surface area contributed by atoms with Crippen LogP contribution in [0.2, 0.25) is 0 Å². The van der Waals surface area contributed by atoms with E-state index in [2.05, 4.69) is 15.6 Å². The highest BCUT2D eigenvalue weighted by Crippen LogP contribution is 2.12. The maximum Gasteiger partial charge on any atom is 0.335 e. The van der Waals surface area contributed by atoms with Crippen LogP contribution in [0.3, 0.4) is 0 Å². The zero-order valence-corrected chi connectivity index (χ0v) is 11.4. The molecule has 3 aromatic rings. The molecular formula is C15H12N4O3. The predicted octanol–water partition coefficient (Wildman–Crippen LogP) is 1.77. The zero-order chi connectivity index (χ0) is 15.5. The molecule has 0 atom stereocenters. The van der Waals surface area contributed by atoms with Crippen molar-refractivity contribution >= 4 is 28.6 Å². The molecule has 0 aliphatic heterocycles. The van der Waals surface area contributed by atoms with Gasteiger partial charge in [0.05, 0.1) is 11.1 Å². The van der Waals surface area contributed by atoms with Crippen molar-refractivity contribution in [2.45, 2.75) is 6.54 Å². The average molecular weight is 296 g/mol. The quantitative estimate of drug-likeness (QED) is 0.764. The van der Waals surface area contributed by atoms with Gasteiger partial charge in [-0.15, -0.1) is 5.10 Å². The van der Waals surface area contributed by atoms with Gasteiger partial charge in [0.2, 0.25) is 5.91 Å². The Morgan fingerprint density at radius 2 is 1.82 bits per heavy atom. The van der Waals surface area contributed by atoms with Crippen LogP contribution in [-0.2, 0) is 11.3 Å². The van der Waals surface area contributed by atoms with E-state index in [4.69, 9.17) is 5.11 Å². The van der Waals surface area contributed by atoms with Gasteiger partial charge in [-0.05, 0) is 36.4 Å². The number of nitrogens with one attached hydrogen (secondary N) is 1. The third kappa shape index (κ3) is 2.78. The van der Waals surface area contributed by atoms with Crippen molar-refractivity contribution in [3.05, 3.63) is 54.1 Å². The molecule has 1 aromatic heterocycles. The lowest BCUT2D eigenvalue weighted by Gasteiger charge is -2.06. The number of hydrogen-bond donors (Lipinski definition) is 2. The number of anilines is 1. The maximum atomic E-state index is 12.0. The van der Waals surface area contributed by atoms with Gasteiger partial charge in [-0.1, -0.05) is 17.3 Å². The molecule has 0 bridgehead atoms. The Morgan fingerprint density at radius 1 is 1.09 bits per heavy atom. The number of carboxylic acids is 1. The molecule has 0 aliphatic carbocycles. The predicted molar refractivity (Wildman–Crippen MR) is 79.6 cm³/mol. The van der Waals surface area contributed by atoms with Gasteiger partial charge in [0.1, 0.15) is 12.1 Å². The number of amides is 1. The van der Waals surface area contributed by atoms with Crippen LogP contribution in [0, 0.1) is 0 Å². The van der Waals surface area contributed by atoms with E-state index in [1.54, 1.807) is 12.1 Å². The highest BCUT2D eigenvalue weighted by molar-refractivity contribution is 5.92. The van der Waals surface area contributed by atoms with Gasteiger partial charge < -0.3 is 10.4 Å². The summed E-state index contributed by atoms with van der Waals surface area (Å²) in [7, 11) is 0. The van der Waals surface area contributed by atoms with Crippen LogP contribution in [0.15, 0.2) is 48.5 Å². The van der Waals surface area contributed by atoms with Crippen molar-refractivity contribution in [1.82, 2.24) is 15.0 Å². The standard InChI is InChI=1S/C15H12N4O3/c20-14(16-11-7-5-10(6-8-11)15(21)22)9-19-13-4-2-1-3-12(13)17-18-19/h1-8H,9H2,(H,16,20)(H,21,22). The van der Waals surface area contributed by atoms with E-state index in [0.29, 0.717) is 5.69 Å². The molecule has 0 saturated carbocycles. The van der Waals surface area contributed by atoms with Crippen LogP contribution in [0.25, 0.3) is 11.0 Å². The van der Waals surface area contributed by atoms with E-state index >= 15 is 0 Å². The van der Waals surface area contributed by atoms with Gasteiger partial charge in [-0.3, -0.25) is 4.79 Å². The molecule has 7 heteroatoms. The summed E-state index contributed by atoms with van der Waals surface area (Å²) in [5, 5.41) is 19.4. The van der Waals surface area contributed by atoms with Gasteiger partial charge in [0, 0.05) is 5.69 Å². The molecule has 110 valence electrons. The van der Waals surface area contributed by atoms with Crippen LogP contribution < -0.4 is 5.32 Å². The Hall–Kier alpha value is -3.22. The fourth-order valence-corrected chi connectivity index (χ4v) is 2.07. The normalized spacial score (nSPS) is 10.5. The number of fused-ring (bicyclic) bond motifs is 1. The van der Waals surface area contributed by atoms with Gasteiger partial charge in [-0.25, -0.2) is 9.48 Å². The number of rotatable bonds is 4. The van der Waals surface area contributed by atoms with E-state index in [1.807, 2.05) is 24.3 Å². The van der Waals surface area contributed by atoms with Crippen LogP contribution in [0.1, 0.15) is 10.4 Å². The summed E-state index contributed by atoms with van der Waals surface area (Å²) >= 11 is 0. The lowest BCUT2D eigenvalue weighted by molar-refractivity contribution is -0.116. The molecule has 1 amide bonds. The molecule has 3 rings (SSSR count). The largest absolute Gasteiger partial charge is 0.478 e. The molecule has 0 fully saturated rings. The summed E-state index contributed by atoms with van der Waals surface area (Å²) in [5.41, 5.74) is 2.19. The number of nitrogens with zero attached hydrogens (tertiary/aromatic N) is 3. The summed E-state index contributed by atoms with van der Waals surface area (Å²) in [6.45, 7) is 0.0290. The second kappa shape index (κ2) is 5.65. The maximum absolute atomic E-state index is 12.0. The van der Waals surface area contributed by atoms with Gasteiger partial charge in [0.25, 0.3) is 0 Å². The zero-order valence-electron chi connectivity index (χ0n) is 11.4. The molecule has 1 heterocycles. The van der Waals surface area contributed by atoms with Gasteiger partial charge in [0.15, 0.2) is 0 Å². The molecule has 0 unspecified atom stereocenters. The summed E-state index contributed by atoms with van der Waals surface area (Å²) < 4.78 is 1.51. The Balaban J connectivity index is 1.71. The summed E-state index contributed by atoms with van der Waals surface area (Å²) in [4.78, 5) is 22.8. The lowest BCUT2D eigenvalue weighted by atomic mass is 10.2. The highest BCUT2D eigenvalue weighted by Gasteiger charge is 2.09. The van der Waals surface area contributed by atoms with Gasteiger partial charge in [-0.2, -0.15) is 0 Å². The van der Waals surface area contributed by atoms with Crippen molar-refractivity contribution in [1.29, 1.82) is 0 Å². The molecule has 0 spiro atoms. The molecule has 22 heavy (non-hydrogen) atoms. The SMILES string of the molecule is O=C(Cn1nnc2ccccc21)Nc1ccc(C(=O)O)cc1. The van der Waals surface area contributed by atoms with Crippen molar-refractivity contribution in [2.75, 3.05) is 5.32 Å². The number of aromatic carboxylic acids is 1. The monoisotopic (exact) mass is 296 g/mol. The number of benzene rings is 2. The summed E-state index contributed by atoms with van der Waals surface area (Å²) in [5.74, 6) is -1.27. The fourth-order valence-electron chi connectivity index (χ4n) is 2.07. The van der Waals surface area contributed by atoms with Crippen molar-refractivity contribution in [3.8, 4) is 0 Å². The van der Waals surface area contributed by atoms with E-state index in [9.17, 15) is 9.59 Å². The Kier molecular flexibility index (Phi) is 3.53. The third-order valence-electron chi connectivity index (χ3n) is 3.13. The number of carboxylic acid groups (broad SMARTS) is 1. The number of carbonyl (C=O) groups excluding carboxylic acids is 1. The number of carbonyl (C=O) groups is 2. The molecule has 7 nitrogen and oxygen atoms in total. The van der Waals surface area contributed by atoms with Crippen LogP contribution in [-0.4, -0.2) is 32.0 Å². The van der Waals surface area contributed by atoms with Crippen LogP contribution in [0.5, 0.6) is 0 Å². The van der Waals surface area contributed by atoms with E-state index < -0.39 is 5.97 Å². The minimum atomic E-state index is -1.01. The average Bonchev–Trinajstić information content (AvgIpc) is 2.91. The topological polar surface area (TPSA) is 97.1 Å². The fraction of sp³-hybridized carbons (Fsp3) is 0.0667. The second-order valence-corrected chi connectivity index (χ2v) is 4.67. The minimum absolute atomic E-state index is 0.0290. The first-order valence-corrected chi connectivity index (χ1v) is 6.55. The van der Waals surface area contributed by atoms with Crippen LogP contribution in [0.4, 0.5) is 5.69 Å². The molecule has 2 N–H and O–H groups in total. The Labute approximate surface area is 125 Å². The van der Waals surface area contributed by atoms with E-state index in [-0.39, 0.29) is 18.0 Å². The van der Waals surface area contributed by atoms with Crippen molar-refractivity contribution < 1.29 is 14.7 Å². The van der Waals surface area contributed by atoms with Crippen molar-refractivity contribution in [3.63, 3.8) is 0 Å². The third-order valence-corrected chi connectivity index (χ3v) is 3.13. The number of aromatic nitrogens is 3. The molecular weight excluding hydrogens is 284 g/mol. The first kappa shape index (κ1) is 13.7. The van der Waals surface area contributed by atoms with E-state index in [0.717, 1.165) is 11.0 Å². The molecule has 2 aromatic carbocycles. The van der Waals surface area contributed by atoms with Gasteiger partial charge >= 0.3 is 5.97 Å². The first-order chi connectivity index (χ1) is 10.6. The smallest absolute Gasteiger partial charge is 0.335 e. The Bertz CT molecular complexity index is 839. The van der Waals surface area contributed by atoms with Crippen molar-refractivity contribution in [2.24, 2.45) is 0 Å². The first-order valence-electron chi connectivity index (χ1n) is 6.55. The number of hydrogen-bond acceptors (Lipinski definition) is 4. The molecule has 0 aliphatic rings. The summed E-state index contributed by atoms with van der Waals surface area (Å²) in [6, 6.07) is 13.3. The Morgan fingerprint density at radius 3 is 2.55 bits per heavy atom. The minimum Gasteiger partial charge on any atom is -0.478 e.